The Labute approximate surface area is 162 Å². The van der Waals surface area contributed by atoms with E-state index >= 15 is 0 Å². The first kappa shape index (κ1) is 22.6. The summed E-state index contributed by atoms with van der Waals surface area (Å²) in [6.07, 6.45) is 2.61. The fraction of sp³-hybridized carbons (Fsp3) is 0.250. The van der Waals surface area contributed by atoms with Gasteiger partial charge in [0, 0.05) is 13.2 Å². The maximum absolute atomic E-state index is 8.54. The molecule has 3 aromatic carbocycles. The lowest BCUT2D eigenvalue weighted by atomic mass is 10.1. The number of aryl methyl sites for hydroxylation is 1. The second kappa shape index (κ2) is 15.8. The van der Waals surface area contributed by atoms with Gasteiger partial charge in [-0.05, 0) is 36.0 Å². The third-order valence-electron chi connectivity index (χ3n) is 3.74. The SMILES string of the molecule is OCCCc1ccccc1.OCCc1ccccc1.OCc1ccccc1. The second-order valence-corrected chi connectivity index (χ2v) is 5.92. The summed E-state index contributed by atoms with van der Waals surface area (Å²) in [5.41, 5.74) is 3.46. The van der Waals surface area contributed by atoms with Gasteiger partial charge in [0.1, 0.15) is 0 Å². The average Bonchev–Trinajstić information content (AvgIpc) is 2.75. The smallest absolute Gasteiger partial charge is 0.0681 e. The van der Waals surface area contributed by atoms with Gasteiger partial charge >= 0.3 is 0 Å². The molecule has 0 atom stereocenters. The van der Waals surface area contributed by atoms with E-state index in [-0.39, 0.29) is 19.8 Å². The molecule has 144 valence electrons. The van der Waals surface area contributed by atoms with Crippen molar-refractivity contribution in [3.05, 3.63) is 108 Å². The Balaban J connectivity index is 0.000000204. The third kappa shape index (κ3) is 11.7. The molecule has 3 heteroatoms. The zero-order chi connectivity index (χ0) is 19.6. The van der Waals surface area contributed by atoms with Crippen molar-refractivity contribution in [2.75, 3.05) is 13.2 Å². The molecule has 3 aromatic rings. The minimum Gasteiger partial charge on any atom is -0.396 e. The van der Waals surface area contributed by atoms with E-state index < -0.39 is 0 Å². The number of aliphatic hydroxyl groups excluding tert-OH is 3. The van der Waals surface area contributed by atoms with Gasteiger partial charge in [0.25, 0.3) is 0 Å². The van der Waals surface area contributed by atoms with Crippen LogP contribution in [0, 0.1) is 0 Å². The predicted octanol–water partition coefficient (Wildman–Crippen LogP) is 4.01. The Hall–Kier alpha value is -2.46. The van der Waals surface area contributed by atoms with Gasteiger partial charge in [-0.3, -0.25) is 0 Å². The summed E-state index contributed by atoms with van der Waals surface area (Å²) in [6, 6.07) is 29.7. The van der Waals surface area contributed by atoms with Crippen LogP contribution in [0.25, 0.3) is 0 Å². The fourth-order valence-electron chi connectivity index (χ4n) is 2.29. The van der Waals surface area contributed by atoms with E-state index in [1.807, 2.05) is 78.9 Å². The summed E-state index contributed by atoms with van der Waals surface area (Å²) in [4.78, 5) is 0. The van der Waals surface area contributed by atoms with Crippen molar-refractivity contribution in [2.24, 2.45) is 0 Å². The van der Waals surface area contributed by atoms with Crippen molar-refractivity contribution in [1.29, 1.82) is 0 Å². The lowest BCUT2D eigenvalue weighted by Crippen LogP contribution is -1.88. The van der Waals surface area contributed by atoms with Crippen LogP contribution in [0.2, 0.25) is 0 Å². The van der Waals surface area contributed by atoms with E-state index in [2.05, 4.69) is 12.1 Å². The summed E-state index contributed by atoms with van der Waals surface area (Å²) in [5.74, 6) is 0. The van der Waals surface area contributed by atoms with E-state index in [1.165, 1.54) is 11.1 Å². The molecular weight excluding hydrogens is 336 g/mol. The highest BCUT2D eigenvalue weighted by atomic mass is 16.3. The van der Waals surface area contributed by atoms with Crippen molar-refractivity contribution in [3.63, 3.8) is 0 Å². The number of rotatable bonds is 6. The molecule has 0 aliphatic carbocycles. The molecule has 0 spiro atoms. The van der Waals surface area contributed by atoms with Gasteiger partial charge in [-0.25, -0.2) is 0 Å². The predicted molar refractivity (Wildman–Crippen MR) is 111 cm³/mol. The zero-order valence-corrected chi connectivity index (χ0v) is 15.7. The fourth-order valence-corrected chi connectivity index (χ4v) is 2.29. The Morgan fingerprint density at radius 2 is 0.852 bits per heavy atom. The first-order valence-corrected chi connectivity index (χ1v) is 9.24. The molecule has 3 nitrogen and oxygen atoms in total. The topological polar surface area (TPSA) is 60.7 Å². The standard InChI is InChI=1S/C9H12O.C8H10O.C7H8O/c10-8-4-7-9-5-2-1-3-6-9;9-7-6-8-4-2-1-3-5-8;8-6-7-4-2-1-3-5-7/h1-3,5-6,10H,4,7-8H2;1-5,9H,6-7H2;1-5,8H,6H2. The summed E-state index contributed by atoms with van der Waals surface area (Å²) < 4.78 is 0. The molecule has 0 aliphatic rings. The molecule has 3 N–H and O–H groups in total. The van der Waals surface area contributed by atoms with Crippen molar-refractivity contribution in [3.8, 4) is 0 Å². The lowest BCUT2D eigenvalue weighted by molar-refractivity contribution is 0.282. The summed E-state index contributed by atoms with van der Waals surface area (Å²) >= 11 is 0. The van der Waals surface area contributed by atoms with Crippen molar-refractivity contribution >= 4 is 0 Å². The first-order valence-electron chi connectivity index (χ1n) is 9.24. The molecule has 0 fully saturated rings. The molecule has 3 rings (SSSR count). The van der Waals surface area contributed by atoms with Gasteiger partial charge in [0.15, 0.2) is 0 Å². The molecule has 0 saturated carbocycles. The minimum absolute atomic E-state index is 0.140. The normalized spacial score (nSPS) is 9.44. The number of hydrogen-bond acceptors (Lipinski definition) is 3. The Kier molecular flexibility index (Phi) is 13.2. The van der Waals surface area contributed by atoms with E-state index in [1.54, 1.807) is 0 Å². The quantitative estimate of drug-likeness (QED) is 0.618. The minimum atomic E-state index is 0.140. The third-order valence-corrected chi connectivity index (χ3v) is 3.74. The number of hydrogen-bond donors (Lipinski definition) is 3. The van der Waals surface area contributed by atoms with Gasteiger partial charge < -0.3 is 15.3 Å². The van der Waals surface area contributed by atoms with Crippen LogP contribution in [0.4, 0.5) is 0 Å². The molecule has 0 saturated heterocycles. The first-order chi connectivity index (χ1) is 13.3. The molecule has 0 unspecified atom stereocenters. The number of benzene rings is 3. The molecule has 0 heterocycles. The summed E-state index contributed by atoms with van der Waals surface area (Å²) in [6.45, 7) is 0.666. The summed E-state index contributed by atoms with van der Waals surface area (Å²) in [5, 5.41) is 25.6. The van der Waals surface area contributed by atoms with E-state index in [0.29, 0.717) is 0 Å². The molecule has 0 radical (unpaired) electrons. The van der Waals surface area contributed by atoms with Crippen LogP contribution >= 0.6 is 0 Å². The van der Waals surface area contributed by atoms with Gasteiger partial charge in [-0.15, -0.1) is 0 Å². The molecule has 0 aliphatic heterocycles. The van der Waals surface area contributed by atoms with Crippen molar-refractivity contribution in [2.45, 2.75) is 25.9 Å². The average molecular weight is 367 g/mol. The summed E-state index contributed by atoms with van der Waals surface area (Å²) in [7, 11) is 0. The van der Waals surface area contributed by atoms with Crippen molar-refractivity contribution < 1.29 is 15.3 Å². The highest BCUT2D eigenvalue weighted by Crippen LogP contribution is 2.01. The van der Waals surface area contributed by atoms with Crippen LogP contribution in [-0.4, -0.2) is 28.5 Å². The van der Waals surface area contributed by atoms with Crippen molar-refractivity contribution in [1.82, 2.24) is 0 Å². The molecule has 0 amide bonds. The molecule has 0 aromatic heterocycles. The Bertz CT molecular complexity index is 670. The number of aliphatic hydroxyl groups is 3. The van der Waals surface area contributed by atoms with Crippen LogP contribution in [0.5, 0.6) is 0 Å². The second-order valence-electron chi connectivity index (χ2n) is 5.92. The Morgan fingerprint density at radius 3 is 1.19 bits per heavy atom. The van der Waals surface area contributed by atoms with Crippen LogP contribution in [0.3, 0.4) is 0 Å². The maximum atomic E-state index is 8.54. The van der Waals surface area contributed by atoms with E-state index in [0.717, 1.165) is 24.8 Å². The lowest BCUT2D eigenvalue weighted by Gasteiger charge is -1.96. The molecule has 27 heavy (non-hydrogen) atoms. The maximum Gasteiger partial charge on any atom is 0.0681 e. The van der Waals surface area contributed by atoms with Gasteiger partial charge in [-0.1, -0.05) is 91.0 Å². The highest BCUT2D eigenvalue weighted by molar-refractivity contribution is 5.15. The van der Waals surface area contributed by atoms with Crippen LogP contribution in [-0.2, 0) is 19.4 Å². The van der Waals surface area contributed by atoms with Crippen LogP contribution in [0.15, 0.2) is 91.0 Å². The van der Waals surface area contributed by atoms with Gasteiger partial charge in [0.05, 0.1) is 6.61 Å². The van der Waals surface area contributed by atoms with Crippen LogP contribution in [0.1, 0.15) is 23.1 Å². The van der Waals surface area contributed by atoms with E-state index in [9.17, 15) is 0 Å². The highest BCUT2D eigenvalue weighted by Gasteiger charge is 1.88. The molecular formula is C24H30O3. The van der Waals surface area contributed by atoms with Crippen LogP contribution < -0.4 is 0 Å². The van der Waals surface area contributed by atoms with E-state index in [4.69, 9.17) is 15.3 Å². The zero-order valence-electron chi connectivity index (χ0n) is 15.7. The molecule has 0 bridgehead atoms. The largest absolute Gasteiger partial charge is 0.396 e. The monoisotopic (exact) mass is 366 g/mol. The Morgan fingerprint density at radius 1 is 0.444 bits per heavy atom. The van der Waals surface area contributed by atoms with Gasteiger partial charge in [-0.2, -0.15) is 0 Å². The van der Waals surface area contributed by atoms with Gasteiger partial charge in [0.2, 0.25) is 0 Å².